The van der Waals surface area contributed by atoms with E-state index in [1.54, 1.807) is 6.08 Å². The van der Waals surface area contributed by atoms with Crippen LogP contribution in [0.5, 0.6) is 0 Å². The molecule has 0 saturated heterocycles. The molecule has 0 bridgehead atoms. The molecule has 0 atom stereocenters. The molecular formula is C33H24OS2. The Morgan fingerprint density at radius 2 is 1.36 bits per heavy atom. The molecule has 3 heteroatoms. The van der Waals surface area contributed by atoms with Gasteiger partial charge in [-0.2, -0.15) is 0 Å². The Morgan fingerprint density at radius 1 is 0.694 bits per heavy atom. The second-order valence-electron chi connectivity index (χ2n) is 9.88. The summed E-state index contributed by atoms with van der Waals surface area (Å²) in [7, 11) is 0. The average Bonchev–Trinajstić information content (AvgIpc) is 3.37. The fourth-order valence-corrected chi connectivity index (χ4v) is 7.91. The highest BCUT2D eigenvalue weighted by atomic mass is 32.2. The molecule has 1 aromatic heterocycles. The predicted octanol–water partition coefficient (Wildman–Crippen LogP) is 10.3. The van der Waals surface area contributed by atoms with Gasteiger partial charge in [-0.3, -0.25) is 0 Å². The minimum absolute atomic E-state index is 0.0379. The molecule has 174 valence electrons. The van der Waals surface area contributed by atoms with E-state index in [1.165, 1.54) is 53.0 Å². The Bertz CT molecular complexity index is 1750. The summed E-state index contributed by atoms with van der Waals surface area (Å²) < 4.78 is 5.96. The number of benzene rings is 4. The lowest BCUT2D eigenvalue weighted by Crippen LogP contribution is -2.15. The van der Waals surface area contributed by atoms with Gasteiger partial charge in [0.05, 0.1) is 0 Å². The van der Waals surface area contributed by atoms with Crippen LogP contribution in [0.2, 0.25) is 0 Å². The summed E-state index contributed by atoms with van der Waals surface area (Å²) in [5.74, 6) is 0.767. The van der Waals surface area contributed by atoms with E-state index in [0.717, 1.165) is 22.3 Å². The monoisotopic (exact) mass is 500 g/mol. The van der Waals surface area contributed by atoms with Crippen molar-refractivity contribution in [3.63, 3.8) is 0 Å². The molecule has 0 N–H and O–H groups in total. The SMILES string of the molecule is C=Cc1oc2ccc(-c3ccc4c(c3)-c3cc5c(cc3C4(C)C)Sc3ccccc3S5)cc2c1C=C. The molecule has 0 amide bonds. The highest BCUT2D eigenvalue weighted by Gasteiger charge is 2.37. The van der Waals surface area contributed by atoms with Crippen molar-refractivity contribution in [2.75, 3.05) is 0 Å². The second-order valence-corrected chi connectivity index (χ2v) is 12.0. The summed E-state index contributed by atoms with van der Waals surface area (Å²) in [5.41, 5.74) is 9.69. The van der Waals surface area contributed by atoms with Gasteiger partial charge in [-0.05, 0) is 81.9 Å². The maximum Gasteiger partial charge on any atom is 0.135 e. The molecular weight excluding hydrogens is 476 g/mol. The lowest BCUT2D eigenvalue weighted by molar-refractivity contribution is 0.603. The molecule has 0 unspecified atom stereocenters. The fourth-order valence-electron chi connectivity index (χ4n) is 5.63. The second kappa shape index (κ2) is 7.80. The van der Waals surface area contributed by atoms with Crippen LogP contribution in [0.4, 0.5) is 0 Å². The lowest BCUT2D eigenvalue weighted by atomic mass is 9.82. The van der Waals surface area contributed by atoms with Gasteiger partial charge in [-0.25, -0.2) is 0 Å². The minimum atomic E-state index is -0.0379. The molecule has 4 aromatic carbocycles. The average molecular weight is 501 g/mol. The molecule has 36 heavy (non-hydrogen) atoms. The van der Waals surface area contributed by atoms with Crippen LogP contribution in [0, 0.1) is 0 Å². The Labute approximate surface area is 219 Å². The number of rotatable bonds is 3. The highest BCUT2D eigenvalue weighted by molar-refractivity contribution is 8.05. The molecule has 7 rings (SSSR count). The smallest absolute Gasteiger partial charge is 0.135 e. The first-order chi connectivity index (χ1) is 17.5. The van der Waals surface area contributed by atoms with E-state index in [2.05, 4.69) is 99.8 Å². The van der Waals surface area contributed by atoms with E-state index in [9.17, 15) is 0 Å². The summed E-state index contributed by atoms with van der Waals surface area (Å²) in [6.07, 6.45) is 3.60. The molecule has 0 saturated carbocycles. The maximum absolute atomic E-state index is 5.96. The molecule has 0 fully saturated rings. The first kappa shape index (κ1) is 21.8. The van der Waals surface area contributed by atoms with Crippen LogP contribution in [-0.2, 0) is 5.41 Å². The van der Waals surface area contributed by atoms with E-state index >= 15 is 0 Å². The van der Waals surface area contributed by atoms with Gasteiger partial charge in [0.1, 0.15) is 11.3 Å². The van der Waals surface area contributed by atoms with Crippen molar-refractivity contribution >= 4 is 46.6 Å². The fraction of sp³-hybridized carbons (Fsp3) is 0.0909. The van der Waals surface area contributed by atoms with Crippen molar-refractivity contribution in [3.8, 4) is 22.3 Å². The summed E-state index contributed by atoms with van der Waals surface area (Å²) in [5, 5.41) is 1.07. The Balaban J connectivity index is 1.37. The summed E-state index contributed by atoms with van der Waals surface area (Å²) in [6.45, 7) is 12.6. The molecule has 1 aliphatic carbocycles. The molecule has 0 spiro atoms. The van der Waals surface area contributed by atoms with Crippen LogP contribution in [-0.4, -0.2) is 0 Å². The van der Waals surface area contributed by atoms with Gasteiger partial charge < -0.3 is 4.42 Å². The highest BCUT2D eigenvalue weighted by Crippen LogP contribution is 2.56. The van der Waals surface area contributed by atoms with Gasteiger partial charge in [0.25, 0.3) is 0 Å². The Kier molecular flexibility index (Phi) is 4.73. The molecule has 5 aromatic rings. The van der Waals surface area contributed by atoms with E-state index in [0.29, 0.717) is 0 Å². The van der Waals surface area contributed by atoms with Crippen molar-refractivity contribution < 1.29 is 4.42 Å². The van der Waals surface area contributed by atoms with Gasteiger partial charge in [0, 0.05) is 35.9 Å². The summed E-state index contributed by atoms with van der Waals surface area (Å²) in [4.78, 5) is 5.39. The van der Waals surface area contributed by atoms with Gasteiger partial charge in [-0.1, -0.05) is 86.9 Å². The van der Waals surface area contributed by atoms with Crippen LogP contribution in [0.15, 0.2) is 110 Å². The van der Waals surface area contributed by atoms with Crippen LogP contribution in [0.1, 0.15) is 36.3 Å². The largest absolute Gasteiger partial charge is 0.456 e. The lowest BCUT2D eigenvalue weighted by Gasteiger charge is -2.24. The molecule has 0 radical (unpaired) electrons. The van der Waals surface area contributed by atoms with E-state index in [1.807, 2.05) is 29.6 Å². The van der Waals surface area contributed by atoms with E-state index in [4.69, 9.17) is 4.42 Å². The van der Waals surface area contributed by atoms with Crippen molar-refractivity contribution in [1.29, 1.82) is 0 Å². The van der Waals surface area contributed by atoms with Crippen LogP contribution in [0.25, 0.3) is 45.4 Å². The van der Waals surface area contributed by atoms with E-state index < -0.39 is 0 Å². The first-order valence-corrected chi connectivity index (χ1v) is 13.7. The molecule has 2 heterocycles. The first-order valence-electron chi connectivity index (χ1n) is 12.1. The van der Waals surface area contributed by atoms with Crippen molar-refractivity contribution in [1.82, 2.24) is 0 Å². The third kappa shape index (κ3) is 3.06. The van der Waals surface area contributed by atoms with Crippen molar-refractivity contribution in [2.24, 2.45) is 0 Å². The third-order valence-corrected chi connectivity index (χ3v) is 10.0. The quantitative estimate of drug-likeness (QED) is 0.240. The molecule has 1 nitrogen and oxygen atoms in total. The zero-order chi connectivity index (χ0) is 24.6. The maximum atomic E-state index is 5.96. The van der Waals surface area contributed by atoms with Gasteiger partial charge in [0.15, 0.2) is 0 Å². The normalized spacial score (nSPS) is 14.6. The Morgan fingerprint density at radius 3 is 2.08 bits per heavy atom. The minimum Gasteiger partial charge on any atom is -0.456 e. The molecule has 1 aliphatic heterocycles. The number of furan rings is 1. The van der Waals surface area contributed by atoms with Crippen molar-refractivity contribution in [3.05, 3.63) is 108 Å². The van der Waals surface area contributed by atoms with Gasteiger partial charge in [-0.15, -0.1) is 0 Å². The third-order valence-electron chi connectivity index (χ3n) is 7.51. The zero-order valence-corrected chi connectivity index (χ0v) is 21.9. The van der Waals surface area contributed by atoms with Crippen molar-refractivity contribution in [2.45, 2.75) is 38.8 Å². The van der Waals surface area contributed by atoms with E-state index in [-0.39, 0.29) is 5.41 Å². The predicted molar refractivity (Wildman–Crippen MR) is 154 cm³/mol. The van der Waals surface area contributed by atoms with Crippen LogP contribution >= 0.6 is 23.5 Å². The summed E-state index contributed by atoms with van der Waals surface area (Å²) >= 11 is 3.78. The Hall–Kier alpha value is -3.40. The van der Waals surface area contributed by atoms with Gasteiger partial charge >= 0.3 is 0 Å². The molecule has 2 aliphatic rings. The van der Waals surface area contributed by atoms with Crippen LogP contribution < -0.4 is 0 Å². The standard InChI is InChI=1S/C33H24OS2/c1-5-21-24-16-20(12-14-28(24)34-27(21)6-2)19-11-13-25-22(15-19)23-17-31-32(18-26(23)33(25,3)4)36-30-10-8-7-9-29(30)35-31/h5-18H,1-2H2,3-4H3. The summed E-state index contributed by atoms with van der Waals surface area (Å²) in [6, 6.07) is 26.9. The van der Waals surface area contributed by atoms with Gasteiger partial charge in [0.2, 0.25) is 0 Å². The van der Waals surface area contributed by atoms with Crippen LogP contribution in [0.3, 0.4) is 0 Å². The zero-order valence-electron chi connectivity index (χ0n) is 20.2. The topological polar surface area (TPSA) is 13.1 Å². The number of hydrogen-bond donors (Lipinski definition) is 0. The number of fused-ring (bicyclic) bond motifs is 6. The number of hydrogen-bond acceptors (Lipinski definition) is 3.